The molecule has 1 aliphatic rings. The third-order valence-corrected chi connectivity index (χ3v) is 3.08. The Kier molecular flexibility index (Phi) is 6.20. The second kappa shape index (κ2) is 7.24. The minimum absolute atomic E-state index is 0.379. The molecule has 0 radical (unpaired) electrons. The van der Waals surface area contributed by atoms with E-state index in [0.29, 0.717) is 6.04 Å². The van der Waals surface area contributed by atoms with E-state index in [0.717, 1.165) is 0 Å². The summed E-state index contributed by atoms with van der Waals surface area (Å²) in [5.41, 5.74) is 5.75. The van der Waals surface area contributed by atoms with Crippen LogP contribution in [-0.2, 0) is 0 Å². The van der Waals surface area contributed by atoms with Gasteiger partial charge >= 0.3 is 0 Å². The van der Waals surface area contributed by atoms with Crippen LogP contribution in [-0.4, -0.2) is 30.6 Å². The Morgan fingerprint density at radius 2 is 1.64 bits per heavy atom. The summed E-state index contributed by atoms with van der Waals surface area (Å²) in [7, 11) is 0. The molecule has 1 atom stereocenters. The zero-order valence-corrected chi connectivity index (χ0v) is 9.67. The van der Waals surface area contributed by atoms with Gasteiger partial charge in [-0.05, 0) is 52.2 Å². The summed E-state index contributed by atoms with van der Waals surface area (Å²) in [4.78, 5) is 2.63. The average molecular weight is 198 g/mol. The van der Waals surface area contributed by atoms with Crippen molar-refractivity contribution in [2.75, 3.05) is 19.6 Å². The first kappa shape index (κ1) is 12.0. The fourth-order valence-electron chi connectivity index (χ4n) is 2.17. The van der Waals surface area contributed by atoms with Gasteiger partial charge in [-0.25, -0.2) is 0 Å². The smallest absolute Gasteiger partial charge is 0.00109 e. The minimum atomic E-state index is 0.379. The molecule has 1 unspecified atom stereocenters. The quantitative estimate of drug-likeness (QED) is 0.751. The van der Waals surface area contributed by atoms with E-state index in [4.69, 9.17) is 5.73 Å². The molecule has 2 nitrogen and oxygen atoms in total. The highest BCUT2D eigenvalue weighted by molar-refractivity contribution is 4.63. The summed E-state index contributed by atoms with van der Waals surface area (Å²) in [5.74, 6) is 0. The summed E-state index contributed by atoms with van der Waals surface area (Å²) in [6, 6.07) is 0.379. The molecular formula is C12H26N2. The third kappa shape index (κ3) is 5.61. The Hall–Kier alpha value is -0.0800. The van der Waals surface area contributed by atoms with Crippen molar-refractivity contribution in [3.63, 3.8) is 0 Å². The van der Waals surface area contributed by atoms with Gasteiger partial charge in [-0.2, -0.15) is 0 Å². The summed E-state index contributed by atoms with van der Waals surface area (Å²) in [6.07, 6.45) is 9.58. The highest BCUT2D eigenvalue weighted by Crippen LogP contribution is 2.11. The van der Waals surface area contributed by atoms with Crippen molar-refractivity contribution in [3.05, 3.63) is 0 Å². The zero-order chi connectivity index (χ0) is 10.2. The Morgan fingerprint density at radius 1 is 1.07 bits per heavy atom. The molecule has 0 bridgehead atoms. The maximum absolute atomic E-state index is 5.75. The van der Waals surface area contributed by atoms with Gasteiger partial charge in [0.25, 0.3) is 0 Å². The highest BCUT2D eigenvalue weighted by atomic mass is 15.1. The number of nitrogens with zero attached hydrogens (tertiary/aromatic N) is 1. The van der Waals surface area contributed by atoms with Crippen molar-refractivity contribution >= 4 is 0 Å². The fraction of sp³-hybridized carbons (Fsp3) is 1.00. The van der Waals surface area contributed by atoms with E-state index in [9.17, 15) is 0 Å². The first-order valence-electron chi connectivity index (χ1n) is 6.27. The van der Waals surface area contributed by atoms with E-state index < -0.39 is 0 Å². The number of hydrogen-bond acceptors (Lipinski definition) is 2. The second-order valence-corrected chi connectivity index (χ2v) is 4.73. The monoisotopic (exact) mass is 198 g/mol. The predicted octanol–water partition coefficient (Wildman–Crippen LogP) is 2.38. The van der Waals surface area contributed by atoms with Crippen LogP contribution in [0.2, 0.25) is 0 Å². The fourth-order valence-corrected chi connectivity index (χ4v) is 2.17. The topological polar surface area (TPSA) is 29.3 Å². The predicted molar refractivity (Wildman–Crippen MR) is 62.4 cm³/mol. The lowest BCUT2D eigenvalue weighted by molar-refractivity contribution is 0.241. The Bertz CT molecular complexity index is 126. The number of rotatable bonds is 4. The maximum atomic E-state index is 5.75. The van der Waals surface area contributed by atoms with Crippen LogP contribution in [0, 0.1) is 0 Å². The molecular weight excluding hydrogens is 172 g/mol. The van der Waals surface area contributed by atoms with Gasteiger partial charge in [-0.1, -0.05) is 19.3 Å². The third-order valence-electron chi connectivity index (χ3n) is 3.08. The van der Waals surface area contributed by atoms with E-state index in [1.807, 2.05) is 0 Å². The van der Waals surface area contributed by atoms with E-state index in [1.165, 1.54) is 64.6 Å². The van der Waals surface area contributed by atoms with Crippen LogP contribution in [0.25, 0.3) is 0 Å². The molecule has 84 valence electrons. The molecule has 1 rings (SSSR count). The summed E-state index contributed by atoms with van der Waals surface area (Å²) in [5, 5.41) is 0. The van der Waals surface area contributed by atoms with E-state index in [1.54, 1.807) is 0 Å². The van der Waals surface area contributed by atoms with Gasteiger partial charge in [0.2, 0.25) is 0 Å². The van der Waals surface area contributed by atoms with Crippen molar-refractivity contribution < 1.29 is 0 Å². The molecule has 0 aromatic carbocycles. The summed E-state index contributed by atoms with van der Waals surface area (Å²) < 4.78 is 0. The highest BCUT2D eigenvalue weighted by Gasteiger charge is 2.07. The van der Waals surface area contributed by atoms with Gasteiger partial charge in [0.15, 0.2) is 0 Å². The minimum Gasteiger partial charge on any atom is -0.328 e. The molecule has 2 N–H and O–H groups in total. The van der Waals surface area contributed by atoms with Gasteiger partial charge in [-0.15, -0.1) is 0 Å². The van der Waals surface area contributed by atoms with Gasteiger partial charge < -0.3 is 10.6 Å². The lowest BCUT2D eigenvalue weighted by Crippen LogP contribution is -2.29. The van der Waals surface area contributed by atoms with Crippen molar-refractivity contribution in [3.8, 4) is 0 Å². The lowest BCUT2D eigenvalue weighted by atomic mass is 10.1. The summed E-state index contributed by atoms with van der Waals surface area (Å²) in [6.45, 7) is 6.01. The van der Waals surface area contributed by atoms with Crippen LogP contribution in [0.5, 0.6) is 0 Å². The van der Waals surface area contributed by atoms with Crippen LogP contribution in [0.3, 0.4) is 0 Å². The van der Waals surface area contributed by atoms with Crippen LogP contribution in [0.15, 0.2) is 0 Å². The zero-order valence-electron chi connectivity index (χ0n) is 9.67. The second-order valence-electron chi connectivity index (χ2n) is 4.73. The molecule has 1 saturated heterocycles. The van der Waals surface area contributed by atoms with Crippen LogP contribution >= 0.6 is 0 Å². The lowest BCUT2D eigenvalue weighted by Gasteiger charge is -2.24. The first-order chi connectivity index (χ1) is 6.79. The number of nitrogens with two attached hydrogens (primary N) is 1. The molecule has 1 fully saturated rings. The molecule has 2 heteroatoms. The molecule has 0 saturated carbocycles. The molecule has 0 aromatic rings. The normalized spacial score (nSPS) is 22.7. The summed E-state index contributed by atoms with van der Waals surface area (Å²) >= 11 is 0. The van der Waals surface area contributed by atoms with Crippen molar-refractivity contribution in [1.82, 2.24) is 4.90 Å². The molecule has 0 aliphatic carbocycles. The van der Waals surface area contributed by atoms with E-state index in [-0.39, 0.29) is 0 Å². The molecule has 0 aromatic heterocycles. The van der Waals surface area contributed by atoms with Crippen LogP contribution < -0.4 is 5.73 Å². The Balaban J connectivity index is 2.08. The molecule has 1 heterocycles. The Morgan fingerprint density at radius 3 is 2.21 bits per heavy atom. The largest absolute Gasteiger partial charge is 0.328 e. The van der Waals surface area contributed by atoms with Crippen molar-refractivity contribution in [2.24, 2.45) is 5.73 Å². The van der Waals surface area contributed by atoms with Gasteiger partial charge in [0.05, 0.1) is 0 Å². The maximum Gasteiger partial charge on any atom is 0.00109 e. The van der Waals surface area contributed by atoms with E-state index in [2.05, 4.69) is 11.8 Å². The number of hydrogen-bond donors (Lipinski definition) is 1. The molecule has 0 spiro atoms. The van der Waals surface area contributed by atoms with Crippen LogP contribution in [0.1, 0.15) is 51.9 Å². The Labute approximate surface area is 88.8 Å². The van der Waals surface area contributed by atoms with Gasteiger partial charge in [-0.3, -0.25) is 0 Å². The van der Waals surface area contributed by atoms with Gasteiger partial charge in [0, 0.05) is 6.04 Å². The van der Waals surface area contributed by atoms with E-state index >= 15 is 0 Å². The van der Waals surface area contributed by atoms with Gasteiger partial charge in [0.1, 0.15) is 0 Å². The molecule has 0 amide bonds. The SMILES string of the molecule is CC(N)CCCN1CCCCCCC1. The molecule has 1 aliphatic heterocycles. The first-order valence-corrected chi connectivity index (χ1v) is 6.27. The van der Waals surface area contributed by atoms with Crippen LogP contribution in [0.4, 0.5) is 0 Å². The molecule has 14 heavy (non-hydrogen) atoms. The standard InChI is InChI=1S/C12H26N2/c1-12(13)8-7-11-14-9-5-3-2-4-6-10-14/h12H,2-11,13H2,1H3. The van der Waals surface area contributed by atoms with Crippen molar-refractivity contribution in [1.29, 1.82) is 0 Å². The average Bonchev–Trinajstić information content (AvgIpc) is 2.07. The number of likely N-dealkylation sites (tertiary alicyclic amines) is 1. The van der Waals surface area contributed by atoms with Crippen molar-refractivity contribution in [2.45, 2.75) is 57.9 Å².